The van der Waals surface area contributed by atoms with Crippen LogP contribution in [0.5, 0.6) is 11.5 Å². The van der Waals surface area contributed by atoms with Crippen LogP contribution >= 0.6 is 0 Å². The average Bonchev–Trinajstić information content (AvgIpc) is 3.33. The van der Waals surface area contributed by atoms with Gasteiger partial charge in [-0.2, -0.15) is 0 Å². The Labute approximate surface area is 199 Å². The summed E-state index contributed by atoms with van der Waals surface area (Å²) >= 11 is 0. The maximum Gasteiger partial charge on any atom is 0.255 e. The predicted molar refractivity (Wildman–Crippen MR) is 129 cm³/mol. The zero-order valence-corrected chi connectivity index (χ0v) is 19.5. The maximum atomic E-state index is 13.0. The quantitative estimate of drug-likeness (QED) is 0.551. The van der Waals surface area contributed by atoms with E-state index < -0.39 is 0 Å². The van der Waals surface area contributed by atoms with Gasteiger partial charge in [0.2, 0.25) is 12.7 Å². The first-order chi connectivity index (χ1) is 16.7. The van der Waals surface area contributed by atoms with Crippen LogP contribution in [-0.4, -0.2) is 54.9 Å². The van der Waals surface area contributed by atoms with Crippen LogP contribution in [0, 0.1) is 0 Å². The third kappa shape index (κ3) is 5.08. The van der Waals surface area contributed by atoms with Crippen LogP contribution in [0.15, 0.2) is 53.3 Å². The van der Waals surface area contributed by atoms with Crippen molar-refractivity contribution in [1.82, 2.24) is 14.9 Å². The third-order valence-corrected chi connectivity index (χ3v) is 6.39. The minimum Gasteiger partial charge on any atom is -0.454 e. The predicted octanol–water partition coefficient (Wildman–Crippen LogP) is 2.75. The number of piperazine rings is 1. The number of nitrogens with one attached hydrogen (secondary N) is 1. The molecule has 2 aliphatic rings. The zero-order valence-electron chi connectivity index (χ0n) is 19.5. The normalized spacial score (nSPS) is 15.6. The molecule has 2 aliphatic heterocycles. The number of aromatic amines is 1. The molecule has 0 aliphatic carbocycles. The van der Waals surface area contributed by atoms with Gasteiger partial charge in [0.05, 0.1) is 12.3 Å². The molecule has 3 heterocycles. The van der Waals surface area contributed by atoms with Gasteiger partial charge in [-0.05, 0) is 36.1 Å². The van der Waals surface area contributed by atoms with E-state index in [4.69, 9.17) is 19.2 Å². The molecule has 8 nitrogen and oxygen atoms in total. The third-order valence-electron chi connectivity index (χ3n) is 6.39. The van der Waals surface area contributed by atoms with Gasteiger partial charge < -0.3 is 19.1 Å². The highest BCUT2D eigenvalue weighted by molar-refractivity contribution is 5.44. The van der Waals surface area contributed by atoms with Gasteiger partial charge in [0.1, 0.15) is 0 Å². The van der Waals surface area contributed by atoms with Gasteiger partial charge in [0.15, 0.2) is 11.5 Å². The molecule has 0 amide bonds. The lowest BCUT2D eigenvalue weighted by molar-refractivity contribution is 0.174. The molecule has 0 bridgehead atoms. The standard InChI is InChI=1S/C26H30N4O4/c1-32-17-22-21(9-7-19-5-3-2-4-6-19)25(31)28-26(27-22)30-13-11-29(12-14-30)16-20-8-10-23-24(15-20)34-18-33-23/h2-6,8,10,15H,7,9,11-14,16-18H2,1H3,(H,27,28,31). The van der Waals surface area contributed by atoms with Crippen molar-refractivity contribution < 1.29 is 14.2 Å². The first-order valence-corrected chi connectivity index (χ1v) is 11.7. The fourth-order valence-corrected chi connectivity index (χ4v) is 4.52. The second-order valence-corrected chi connectivity index (χ2v) is 8.68. The van der Waals surface area contributed by atoms with Gasteiger partial charge in [0.25, 0.3) is 5.56 Å². The maximum absolute atomic E-state index is 13.0. The minimum atomic E-state index is -0.0734. The molecule has 1 saturated heterocycles. The smallest absolute Gasteiger partial charge is 0.255 e. The van der Waals surface area contributed by atoms with E-state index in [2.05, 4.69) is 39.0 Å². The van der Waals surface area contributed by atoms with E-state index in [1.54, 1.807) is 7.11 Å². The lowest BCUT2D eigenvalue weighted by Crippen LogP contribution is -2.47. The van der Waals surface area contributed by atoms with Crippen molar-refractivity contribution in [3.63, 3.8) is 0 Å². The fourth-order valence-electron chi connectivity index (χ4n) is 4.52. The number of fused-ring (bicyclic) bond motifs is 1. The average molecular weight is 463 g/mol. The molecular formula is C26H30N4O4. The Morgan fingerprint density at radius 3 is 2.56 bits per heavy atom. The van der Waals surface area contributed by atoms with E-state index in [1.165, 1.54) is 11.1 Å². The van der Waals surface area contributed by atoms with Crippen LogP contribution in [0.4, 0.5) is 5.95 Å². The number of rotatable bonds is 8. The molecule has 3 aromatic rings. The van der Waals surface area contributed by atoms with Gasteiger partial charge >= 0.3 is 0 Å². The minimum absolute atomic E-state index is 0.0734. The Hall–Kier alpha value is -3.36. The van der Waals surface area contributed by atoms with Crippen LogP contribution in [-0.2, 0) is 30.7 Å². The van der Waals surface area contributed by atoms with Crippen molar-refractivity contribution in [1.29, 1.82) is 0 Å². The Morgan fingerprint density at radius 1 is 0.971 bits per heavy atom. The van der Waals surface area contributed by atoms with Crippen LogP contribution in [0.1, 0.15) is 22.4 Å². The van der Waals surface area contributed by atoms with Gasteiger partial charge in [-0.3, -0.25) is 14.7 Å². The largest absolute Gasteiger partial charge is 0.454 e. The van der Waals surface area contributed by atoms with Crippen LogP contribution in [0.3, 0.4) is 0 Å². The Morgan fingerprint density at radius 2 is 1.76 bits per heavy atom. The Balaban J connectivity index is 1.23. The number of hydrogen-bond acceptors (Lipinski definition) is 7. The number of benzene rings is 2. The number of H-pyrrole nitrogens is 1. The van der Waals surface area contributed by atoms with Crippen molar-refractivity contribution in [3.8, 4) is 11.5 Å². The van der Waals surface area contributed by atoms with E-state index >= 15 is 0 Å². The van der Waals surface area contributed by atoms with E-state index in [-0.39, 0.29) is 5.56 Å². The number of aromatic nitrogens is 2. The molecular weight excluding hydrogens is 432 g/mol. The summed E-state index contributed by atoms with van der Waals surface area (Å²) in [6.07, 6.45) is 1.43. The summed E-state index contributed by atoms with van der Waals surface area (Å²) in [5.41, 5.74) is 3.76. The summed E-state index contributed by atoms with van der Waals surface area (Å²) in [6, 6.07) is 16.3. The van der Waals surface area contributed by atoms with Crippen molar-refractivity contribution >= 4 is 5.95 Å². The summed E-state index contributed by atoms with van der Waals surface area (Å²) < 4.78 is 16.3. The van der Waals surface area contributed by atoms with Crippen molar-refractivity contribution in [3.05, 3.63) is 81.3 Å². The first kappa shape index (κ1) is 22.4. The molecule has 1 aromatic heterocycles. The molecule has 178 valence electrons. The molecule has 2 aromatic carbocycles. The number of aryl methyl sites for hydroxylation is 1. The molecule has 0 unspecified atom stereocenters. The van der Waals surface area contributed by atoms with Gasteiger partial charge in [-0.15, -0.1) is 0 Å². The van der Waals surface area contributed by atoms with Crippen LogP contribution in [0.2, 0.25) is 0 Å². The molecule has 1 fully saturated rings. The monoisotopic (exact) mass is 462 g/mol. The molecule has 0 spiro atoms. The second-order valence-electron chi connectivity index (χ2n) is 8.68. The Bertz CT molecular complexity index is 1170. The molecule has 5 rings (SSSR count). The number of nitrogens with zero attached hydrogens (tertiary/aromatic N) is 3. The summed E-state index contributed by atoms with van der Waals surface area (Å²) in [5.74, 6) is 2.25. The van der Waals surface area contributed by atoms with Gasteiger partial charge in [-0.25, -0.2) is 4.98 Å². The SMILES string of the molecule is COCc1nc(N2CCN(Cc3ccc4c(c3)OCO4)CC2)[nH]c(=O)c1CCc1ccccc1. The zero-order chi connectivity index (χ0) is 23.3. The highest BCUT2D eigenvalue weighted by atomic mass is 16.7. The highest BCUT2D eigenvalue weighted by Crippen LogP contribution is 2.32. The number of methoxy groups -OCH3 is 1. The van der Waals surface area contributed by atoms with Crippen LogP contribution in [0.25, 0.3) is 0 Å². The van der Waals surface area contributed by atoms with Gasteiger partial charge in [-0.1, -0.05) is 36.4 Å². The van der Waals surface area contributed by atoms with Crippen molar-refractivity contribution in [2.75, 3.05) is 45.0 Å². The number of anilines is 1. The van der Waals surface area contributed by atoms with Crippen molar-refractivity contribution in [2.45, 2.75) is 26.0 Å². The molecule has 1 N–H and O–H groups in total. The lowest BCUT2D eigenvalue weighted by atomic mass is 10.0. The summed E-state index contributed by atoms with van der Waals surface area (Å²) in [7, 11) is 1.64. The van der Waals surface area contributed by atoms with Crippen LogP contribution < -0.4 is 19.9 Å². The molecule has 0 atom stereocenters. The summed E-state index contributed by atoms with van der Waals surface area (Å²) in [5, 5.41) is 0. The van der Waals surface area contributed by atoms with E-state index in [0.29, 0.717) is 31.3 Å². The number of ether oxygens (including phenoxy) is 3. The molecule has 34 heavy (non-hydrogen) atoms. The molecule has 0 radical (unpaired) electrons. The molecule has 8 heteroatoms. The summed E-state index contributed by atoms with van der Waals surface area (Å²) in [4.78, 5) is 25.4. The van der Waals surface area contributed by atoms with E-state index in [0.717, 1.165) is 56.3 Å². The van der Waals surface area contributed by atoms with Crippen molar-refractivity contribution in [2.24, 2.45) is 0 Å². The van der Waals surface area contributed by atoms with E-state index in [1.807, 2.05) is 24.3 Å². The highest BCUT2D eigenvalue weighted by Gasteiger charge is 2.22. The van der Waals surface area contributed by atoms with E-state index in [9.17, 15) is 4.79 Å². The number of hydrogen-bond donors (Lipinski definition) is 1. The molecule has 0 saturated carbocycles. The fraction of sp³-hybridized carbons (Fsp3) is 0.385. The van der Waals surface area contributed by atoms with Gasteiger partial charge in [0, 0.05) is 45.4 Å². The lowest BCUT2D eigenvalue weighted by Gasteiger charge is -2.35. The topological polar surface area (TPSA) is 79.9 Å². The second kappa shape index (κ2) is 10.3. The summed E-state index contributed by atoms with van der Waals surface area (Å²) in [6.45, 7) is 4.82. The first-order valence-electron chi connectivity index (χ1n) is 11.7. The Kier molecular flexibility index (Phi) is 6.78.